The molecule has 2 atom stereocenters. The summed E-state index contributed by atoms with van der Waals surface area (Å²) in [6.45, 7) is 0.530. The van der Waals surface area contributed by atoms with Crippen LogP contribution in [-0.4, -0.2) is 56.6 Å². The van der Waals surface area contributed by atoms with Gasteiger partial charge in [0, 0.05) is 27.2 Å². The molecule has 0 bridgehead atoms. The third-order valence-corrected chi connectivity index (χ3v) is 2.10. The van der Waals surface area contributed by atoms with Crippen molar-refractivity contribution >= 4 is 12.0 Å². The molecule has 2 amide bonds. The number of nitrogens with one attached hydrogen (secondary N) is 2. The molecule has 0 aliphatic heterocycles. The number of hydrogen-bond acceptors (Lipinski definition) is 4. The second-order valence-corrected chi connectivity index (χ2v) is 3.47. The van der Waals surface area contributed by atoms with E-state index in [4.69, 9.17) is 21.0 Å². The number of carbonyl (C=O) groups is 2. The van der Waals surface area contributed by atoms with Crippen molar-refractivity contribution in [2.45, 2.75) is 18.6 Å². The zero-order valence-corrected chi connectivity index (χ0v) is 10.4. The monoisotopic (exact) mass is 258 g/mol. The van der Waals surface area contributed by atoms with E-state index in [1.807, 2.05) is 0 Å². The average Bonchev–Trinajstić information content (AvgIpc) is 2.33. The summed E-state index contributed by atoms with van der Waals surface area (Å²) in [5.41, 5.74) is 0. The summed E-state index contributed by atoms with van der Waals surface area (Å²) in [7, 11) is 3.00. The molecular formula is C11H18N2O5. The maximum atomic E-state index is 11.4. The van der Waals surface area contributed by atoms with E-state index in [0.717, 1.165) is 0 Å². The minimum Gasteiger partial charge on any atom is -0.480 e. The van der Waals surface area contributed by atoms with Crippen molar-refractivity contribution in [3.63, 3.8) is 0 Å². The molecule has 0 heterocycles. The molecule has 0 aromatic carbocycles. The fraction of sp³-hybridized carbons (Fsp3) is 0.636. The lowest BCUT2D eigenvalue weighted by molar-refractivity contribution is -0.139. The van der Waals surface area contributed by atoms with Gasteiger partial charge in [0.15, 0.2) is 0 Å². The van der Waals surface area contributed by atoms with Gasteiger partial charge in [0.05, 0.1) is 12.7 Å². The van der Waals surface area contributed by atoms with Gasteiger partial charge in [0.1, 0.15) is 6.04 Å². The van der Waals surface area contributed by atoms with Crippen LogP contribution >= 0.6 is 0 Å². The first-order valence-electron chi connectivity index (χ1n) is 5.27. The van der Waals surface area contributed by atoms with Gasteiger partial charge in [-0.25, -0.2) is 9.59 Å². The maximum absolute atomic E-state index is 11.4. The molecule has 0 fully saturated rings. The Morgan fingerprint density at radius 1 is 1.44 bits per heavy atom. The van der Waals surface area contributed by atoms with Crippen molar-refractivity contribution in [2.75, 3.05) is 27.4 Å². The van der Waals surface area contributed by atoms with Crippen LogP contribution in [0.5, 0.6) is 0 Å². The molecule has 0 saturated heterocycles. The van der Waals surface area contributed by atoms with Gasteiger partial charge in [-0.2, -0.15) is 0 Å². The summed E-state index contributed by atoms with van der Waals surface area (Å²) >= 11 is 0. The second kappa shape index (κ2) is 9.27. The molecule has 0 aliphatic rings. The van der Waals surface area contributed by atoms with E-state index < -0.39 is 18.0 Å². The SMILES string of the molecule is C#CCC(NC(=O)NCC(COC)OC)C(=O)O. The van der Waals surface area contributed by atoms with Crippen LogP contribution in [0.3, 0.4) is 0 Å². The lowest BCUT2D eigenvalue weighted by Gasteiger charge is -2.17. The lowest BCUT2D eigenvalue weighted by Crippen LogP contribution is -2.48. The van der Waals surface area contributed by atoms with Crippen molar-refractivity contribution in [2.24, 2.45) is 0 Å². The van der Waals surface area contributed by atoms with E-state index >= 15 is 0 Å². The summed E-state index contributed by atoms with van der Waals surface area (Å²) in [5.74, 6) is 1.01. The minimum absolute atomic E-state index is 0.0749. The first-order valence-corrected chi connectivity index (χ1v) is 5.27. The summed E-state index contributed by atoms with van der Waals surface area (Å²) in [6.07, 6.45) is 4.63. The van der Waals surface area contributed by atoms with Crippen LogP contribution in [0.25, 0.3) is 0 Å². The predicted octanol–water partition coefficient (Wildman–Crippen LogP) is -0.576. The molecular weight excluding hydrogens is 240 g/mol. The Kier molecular flexibility index (Phi) is 8.35. The summed E-state index contributed by atoms with van der Waals surface area (Å²) in [6, 6.07) is -1.71. The highest BCUT2D eigenvalue weighted by atomic mass is 16.5. The van der Waals surface area contributed by atoms with Crippen molar-refractivity contribution < 1.29 is 24.2 Å². The van der Waals surface area contributed by atoms with Gasteiger partial charge in [0.25, 0.3) is 0 Å². The average molecular weight is 258 g/mol. The molecule has 0 saturated carbocycles. The van der Waals surface area contributed by atoms with E-state index in [-0.39, 0.29) is 19.1 Å². The highest BCUT2D eigenvalue weighted by molar-refractivity contribution is 5.82. The number of terminal acetylenes is 1. The molecule has 0 aromatic heterocycles. The van der Waals surface area contributed by atoms with Crippen LogP contribution in [0, 0.1) is 12.3 Å². The molecule has 3 N–H and O–H groups in total. The lowest BCUT2D eigenvalue weighted by atomic mass is 10.2. The van der Waals surface area contributed by atoms with Gasteiger partial charge in [-0.1, -0.05) is 0 Å². The first kappa shape index (κ1) is 16.2. The minimum atomic E-state index is -1.18. The number of ether oxygens (including phenoxy) is 2. The predicted molar refractivity (Wildman–Crippen MR) is 64.1 cm³/mol. The molecule has 0 radical (unpaired) electrons. The van der Waals surface area contributed by atoms with Crippen molar-refractivity contribution in [3.8, 4) is 12.3 Å². The Balaban J connectivity index is 4.09. The van der Waals surface area contributed by atoms with Crippen molar-refractivity contribution in [1.82, 2.24) is 10.6 Å². The Bertz CT molecular complexity index is 313. The van der Waals surface area contributed by atoms with Gasteiger partial charge in [-0.15, -0.1) is 12.3 Å². The fourth-order valence-corrected chi connectivity index (χ4v) is 1.13. The zero-order valence-electron chi connectivity index (χ0n) is 10.4. The van der Waals surface area contributed by atoms with Crippen molar-refractivity contribution in [3.05, 3.63) is 0 Å². The van der Waals surface area contributed by atoms with E-state index in [1.165, 1.54) is 14.2 Å². The van der Waals surface area contributed by atoms with Crippen LogP contribution in [0.2, 0.25) is 0 Å². The Morgan fingerprint density at radius 2 is 2.11 bits per heavy atom. The number of amides is 2. The fourth-order valence-electron chi connectivity index (χ4n) is 1.13. The van der Waals surface area contributed by atoms with Crippen LogP contribution in [0.4, 0.5) is 4.79 Å². The first-order chi connectivity index (χ1) is 8.54. The number of methoxy groups -OCH3 is 2. The van der Waals surface area contributed by atoms with E-state index in [9.17, 15) is 9.59 Å². The highest BCUT2D eigenvalue weighted by Crippen LogP contribution is 1.92. The van der Waals surface area contributed by atoms with Gasteiger partial charge >= 0.3 is 12.0 Å². The normalized spacial score (nSPS) is 13.2. The quantitative estimate of drug-likeness (QED) is 0.506. The molecule has 0 spiro atoms. The Morgan fingerprint density at radius 3 is 2.56 bits per heavy atom. The van der Waals surface area contributed by atoms with Gasteiger partial charge in [-0.3, -0.25) is 0 Å². The summed E-state index contributed by atoms with van der Waals surface area (Å²) < 4.78 is 9.89. The molecule has 0 aliphatic carbocycles. The van der Waals surface area contributed by atoms with Gasteiger partial charge in [0.2, 0.25) is 0 Å². The second-order valence-electron chi connectivity index (χ2n) is 3.47. The van der Waals surface area contributed by atoms with Crippen LogP contribution in [0.15, 0.2) is 0 Å². The number of rotatable bonds is 8. The van der Waals surface area contributed by atoms with Gasteiger partial charge < -0.3 is 25.2 Å². The molecule has 18 heavy (non-hydrogen) atoms. The third-order valence-electron chi connectivity index (χ3n) is 2.10. The van der Waals surface area contributed by atoms with Crippen LogP contribution in [-0.2, 0) is 14.3 Å². The zero-order chi connectivity index (χ0) is 14.0. The third kappa shape index (κ3) is 6.73. The molecule has 102 valence electrons. The van der Waals surface area contributed by atoms with E-state index in [1.54, 1.807) is 0 Å². The molecule has 0 rings (SSSR count). The number of carboxylic acid groups (broad SMARTS) is 1. The molecule has 7 nitrogen and oxygen atoms in total. The standard InChI is InChI=1S/C11H18N2O5/c1-4-5-9(10(14)15)13-11(16)12-6-8(18-3)7-17-2/h1,8-9H,5-7H2,2-3H3,(H,14,15)(H2,12,13,16). The molecule has 2 unspecified atom stereocenters. The number of carboxylic acids is 1. The molecule has 0 aromatic rings. The van der Waals surface area contributed by atoms with Gasteiger partial charge in [-0.05, 0) is 0 Å². The summed E-state index contributed by atoms with van der Waals surface area (Å²) in [4.78, 5) is 22.1. The Hall–Kier alpha value is -1.78. The number of aliphatic carboxylic acids is 1. The number of carbonyl (C=O) groups excluding carboxylic acids is 1. The highest BCUT2D eigenvalue weighted by Gasteiger charge is 2.19. The smallest absolute Gasteiger partial charge is 0.327 e. The number of hydrogen-bond donors (Lipinski definition) is 3. The summed E-state index contributed by atoms with van der Waals surface area (Å²) in [5, 5.41) is 13.5. The Labute approximate surface area is 106 Å². The van der Waals surface area contributed by atoms with Crippen molar-refractivity contribution in [1.29, 1.82) is 0 Å². The maximum Gasteiger partial charge on any atom is 0.327 e. The topological polar surface area (TPSA) is 96.9 Å². The largest absolute Gasteiger partial charge is 0.480 e. The van der Waals surface area contributed by atoms with E-state index in [0.29, 0.717) is 6.61 Å². The molecule has 7 heteroatoms. The number of urea groups is 1. The van der Waals surface area contributed by atoms with E-state index in [2.05, 4.69) is 16.6 Å². The van der Waals surface area contributed by atoms with Crippen LogP contribution < -0.4 is 10.6 Å². The van der Waals surface area contributed by atoms with Crippen LogP contribution in [0.1, 0.15) is 6.42 Å².